The lowest BCUT2D eigenvalue weighted by molar-refractivity contribution is -0.122. The minimum absolute atomic E-state index is 0.250. The molecule has 4 nitrogen and oxygen atoms in total. The van der Waals surface area contributed by atoms with Gasteiger partial charge in [0.25, 0.3) is 6.47 Å². The molecule has 0 saturated carbocycles. The fourth-order valence-electron chi connectivity index (χ4n) is 4.28. The molecule has 0 aromatic heterocycles. The van der Waals surface area contributed by atoms with Crippen molar-refractivity contribution in [1.29, 1.82) is 0 Å². The van der Waals surface area contributed by atoms with Gasteiger partial charge < -0.3 is 15.5 Å². The van der Waals surface area contributed by atoms with Crippen LogP contribution in [0.4, 0.5) is 0 Å². The van der Waals surface area contributed by atoms with Gasteiger partial charge in [-0.15, -0.1) is 0 Å². The molecule has 0 aliphatic carbocycles. The normalized spacial score (nSPS) is 9.94. The number of unbranched alkanes of at least 4 members (excludes halogenated alkanes) is 14. The van der Waals surface area contributed by atoms with Gasteiger partial charge in [0.2, 0.25) is 0 Å². The fraction of sp³-hybridized carbons (Fsp3) is 0.967. The summed E-state index contributed by atoms with van der Waals surface area (Å²) in [5.74, 6) is 1.00. The monoisotopic (exact) mass is 615 g/mol. The zero-order valence-corrected chi connectivity index (χ0v) is 26.8. The number of alkyl halides is 1. The molecule has 0 aromatic carbocycles. The summed E-state index contributed by atoms with van der Waals surface area (Å²) in [6.45, 7) is 10.4. The molecule has 5 heteroatoms. The number of rotatable bonds is 24. The van der Waals surface area contributed by atoms with Crippen LogP contribution in [0.25, 0.3) is 0 Å². The number of carbonyl (C=O) groups is 1. The summed E-state index contributed by atoms with van der Waals surface area (Å²) in [4.78, 5) is 10.3. The van der Waals surface area contributed by atoms with Gasteiger partial charge in [-0.1, -0.05) is 172 Å². The Morgan fingerprint density at radius 1 is 0.629 bits per heavy atom. The van der Waals surface area contributed by atoms with E-state index in [1.807, 2.05) is 18.8 Å². The first-order valence-corrected chi connectivity index (χ1v) is 17.2. The average molecular weight is 616 g/mol. The Hall–Kier alpha value is 0.120. The number of aliphatic hydroxyl groups excluding tert-OH is 1. The number of aliphatic hydroxyl groups is 1. The van der Waals surface area contributed by atoms with E-state index in [9.17, 15) is 0 Å². The van der Waals surface area contributed by atoms with Gasteiger partial charge >= 0.3 is 0 Å². The van der Waals surface area contributed by atoms with Gasteiger partial charge in [0.05, 0.1) is 6.61 Å². The molecule has 0 aromatic rings. The van der Waals surface area contributed by atoms with Crippen LogP contribution in [-0.2, 0) is 4.79 Å². The predicted octanol–water partition coefficient (Wildman–Crippen LogP) is 9.80. The van der Waals surface area contributed by atoms with Gasteiger partial charge in [-0.3, -0.25) is 4.79 Å². The van der Waals surface area contributed by atoms with E-state index >= 15 is 0 Å². The van der Waals surface area contributed by atoms with E-state index in [0.717, 1.165) is 19.0 Å². The van der Waals surface area contributed by atoms with Crippen LogP contribution in [0.1, 0.15) is 156 Å². The number of hydrogen-bond acceptors (Lipinski definition) is 3. The van der Waals surface area contributed by atoms with E-state index in [2.05, 4.69) is 41.8 Å². The van der Waals surface area contributed by atoms with E-state index in [-0.39, 0.29) is 13.1 Å². The van der Waals surface area contributed by atoms with Crippen molar-refractivity contribution in [1.82, 2.24) is 5.32 Å². The molecule has 0 unspecified atom stereocenters. The van der Waals surface area contributed by atoms with Crippen LogP contribution in [-0.4, -0.2) is 41.3 Å². The topological polar surface area (TPSA) is 69.6 Å². The summed E-state index contributed by atoms with van der Waals surface area (Å²) < 4.78 is 0. The van der Waals surface area contributed by atoms with E-state index < -0.39 is 0 Å². The lowest BCUT2D eigenvalue weighted by Crippen LogP contribution is -2.19. The van der Waals surface area contributed by atoms with E-state index in [4.69, 9.17) is 15.0 Å². The van der Waals surface area contributed by atoms with Gasteiger partial charge in [0.15, 0.2) is 0 Å². The zero-order valence-electron chi connectivity index (χ0n) is 24.6. The Labute approximate surface area is 235 Å². The first-order valence-electron chi connectivity index (χ1n) is 15.0. The van der Waals surface area contributed by atoms with Crippen molar-refractivity contribution in [3.05, 3.63) is 0 Å². The molecule has 0 radical (unpaired) electrons. The zero-order chi connectivity index (χ0) is 27.3. The quantitative estimate of drug-likeness (QED) is 0.0438. The van der Waals surface area contributed by atoms with Crippen molar-refractivity contribution in [3.63, 3.8) is 0 Å². The van der Waals surface area contributed by atoms with Crippen LogP contribution in [0.3, 0.4) is 0 Å². The average Bonchev–Trinajstić information content (AvgIpc) is 2.89. The molecule has 0 fully saturated rings. The molecule has 216 valence electrons. The molecule has 0 amide bonds. The van der Waals surface area contributed by atoms with Gasteiger partial charge in [0, 0.05) is 6.54 Å². The van der Waals surface area contributed by atoms with Crippen LogP contribution >= 0.6 is 22.6 Å². The highest BCUT2D eigenvalue weighted by Gasteiger charge is 2.08. The Bertz CT molecular complexity index is 304. The van der Waals surface area contributed by atoms with Crippen LogP contribution in [0.15, 0.2) is 0 Å². The summed E-state index contributed by atoms with van der Waals surface area (Å²) in [5.41, 5.74) is 0. The summed E-state index contributed by atoms with van der Waals surface area (Å²) in [6.07, 6.45) is 28.6. The largest absolute Gasteiger partial charge is 0.483 e. The van der Waals surface area contributed by atoms with Crippen molar-refractivity contribution in [2.24, 2.45) is 5.92 Å². The third kappa shape index (κ3) is 47.9. The second-order valence-corrected chi connectivity index (χ2v) is 9.11. The first kappa shape index (κ1) is 42.2. The molecular weight excluding hydrogens is 549 g/mol. The Morgan fingerprint density at radius 3 is 1.29 bits per heavy atom. The molecule has 0 heterocycles. The van der Waals surface area contributed by atoms with Crippen molar-refractivity contribution >= 4 is 29.1 Å². The third-order valence-corrected chi connectivity index (χ3v) is 6.19. The molecular formula is C30H66INO3. The standard InChI is InChI=1S/C26H55NO.C2H6.CH3I.CH2O2/c1-3-5-7-9-12-16-20-26(21-17-13-10-8-6-4-2)22-18-14-11-15-19-23-27-24-25-28;2*1-2;2-1-3/h26-28H,3-25H2,1-2H3;1-2H3;1H3;1H,(H,2,3). The van der Waals surface area contributed by atoms with Gasteiger partial charge in [-0.05, 0) is 23.8 Å². The molecule has 35 heavy (non-hydrogen) atoms. The number of halogens is 1. The SMILES string of the molecule is CC.CCCCCCCCC(CCCCCCCC)CCCCCCCNCCO.CI.O=CO. The Kier molecular flexibility index (Phi) is 57.1. The first-order chi connectivity index (χ1) is 17.3. The highest BCUT2D eigenvalue weighted by molar-refractivity contribution is 14.1. The van der Waals surface area contributed by atoms with Crippen molar-refractivity contribution in [3.8, 4) is 0 Å². The minimum atomic E-state index is -0.250. The summed E-state index contributed by atoms with van der Waals surface area (Å²) in [5, 5.41) is 18.9. The summed E-state index contributed by atoms with van der Waals surface area (Å²) >= 11 is 2.15. The Morgan fingerprint density at radius 2 is 0.943 bits per heavy atom. The van der Waals surface area contributed by atoms with E-state index in [1.54, 1.807) is 0 Å². The number of hydrogen-bond donors (Lipinski definition) is 3. The lowest BCUT2D eigenvalue weighted by Gasteiger charge is -2.17. The second-order valence-electron chi connectivity index (χ2n) is 9.11. The molecule has 0 saturated heterocycles. The maximum atomic E-state index is 8.76. The smallest absolute Gasteiger partial charge is 0.290 e. The van der Waals surface area contributed by atoms with Crippen LogP contribution in [0.2, 0.25) is 0 Å². The van der Waals surface area contributed by atoms with Crippen molar-refractivity contribution in [2.75, 3.05) is 24.6 Å². The molecule has 0 rings (SSSR count). The van der Waals surface area contributed by atoms with Crippen LogP contribution in [0.5, 0.6) is 0 Å². The number of nitrogens with one attached hydrogen (secondary N) is 1. The molecule has 0 spiro atoms. The van der Waals surface area contributed by atoms with Crippen molar-refractivity contribution < 1.29 is 15.0 Å². The summed E-state index contributed by atoms with van der Waals surface area (Å²) in [7, 11) is 0. The van der Waals surface area contributed by atoms with Gasteiger partial charge in [-0.2, -0.15) is 0 Å². The molecule has 0 bridgehead atoms. The number of carboxylic acid groups (broad SMARTS) is 1. The van der Waals surface area contributed by atoms with Crippen molar-refractivity contribution in [2.45, 2.75) is 156 Å². The van der Waals surface area contributed by atoms with Crippen LogP contribution < -0.4 is 5.32 Å². The maximum Gasteiger partial charge on any atom is 0.290 e. The fourth-order valence-corrected chi connectivity index (χ4v) is 4.28. The minimum Gasteiger partial charge on any atom is -0.483 e. The van der Waals surface area contributed by atoms with Crippen LogP contribution in [0, 0.1) is 5.92 Å². The lowest BCUT2D eigenvalue weighted by atomic mass is 9.89. The third-order valence-electron chi connectivity index (χ3n) is 6.19. The maximum absolute atomic E-state index is 8.76. The van der Waals surface area contributed by atoms with E-state index in [0.29, 0.717) is 0 Å². The summed E-state index contributed by atoms with van der Waals surface area (Å²) in [6, 6.07) is 0. The van der Waals surface area contributed by atoms with Gasteiger partial charge in [-0.25, -0.2) is 0 Å². The molecule has 0 aliphatic heterocycles. The molecule has 0 aliphatic rings. The Balaban J connectivity index is -0.000000617. The predicted molar refractivity (Wildman–Crippen MR) is 167 cm³/mol. The highest BCUT2D eigenvalue weighted by Crippen LogP contribution is 2.24. The second kappa shape index (κ2) is 47.3. The highest BCUT2D eigenvalue weighted by atomic mass is 127. The molecule has 0 atom stereocenters. The van der Waals surface area contributed by atoms with E-state index in [1.165, 1.54) is 128 Å². The van der Waals surface area contributed by atoms with Gasteiger partial charge in [0.1, 0.15) is 0 Å². The molecule has 3 N–H and O–H groups in total.